The zero-order valence-corrected chi connectivity index (χ0v) is 12.9. The van der Waals surface area contributed by atoms with Crippen molar-refractivity contribution in [3.05, 3.63) is 0 Å². The van der Waals surface area contributed by atoms with Gasteiger partial charge in [0.15, 0.2) is 0 Å². The van der Waals surface area contributed by atoms with Crippen LogP contribution in [0.5, 0.6) is 0 Å². The highest BCUT2D eigenvalue weighted by molar-refractivity contribution is 5.77. The second-order valence-corrected chi connectivity index (χ2v) is 5.68. The molecular formula is C14H26N4O4. The van der Waals surface area contributed by atoms with Crippen molar-refractivity contribution in [2.24, 2.45) is 11.7 Å². The van der Waals surface area contributed by atoms with E-state index in [1.807, 2.05) is 0 Å². The summed E-state index contributed by atoms with van der Waals surface area (Å²) >= 11 is 0. The Balaban J connectivity index is 1.78. The first-order valence-corrected chi connectivity index (χ1v) is 7.86. The van der Waals surface area contributed by atoms with Crippen LogP contribution in [0.4, 0.5) is 4.79 Å². The molecule has 3 amide bonds. The number of nitrogens with one attached hydrogen (secondary N) is 2. The number of urea groups is 1. The molecule has 2 saturated heterocycles. The van der Waals surface area contributed by atoms with Crippen LogP contribution in [0.1, 0.15) is 12.8 Å². The van der Waals surface area contributed by atoms with Crippen LogP contribution >= 0.6 is 0 Å². The first kappa shape index (κ1) is 17.0. The van der Waals surface area contributed by atoms with Crippen LogP contribution in [0.15, 0.2) is 0 Å². The van der Waals surface area contributed by atoms with Gasteiger partial charge in [-0.1, -0.05) is 0 Å². The molecule has 0 bridgehead atoms. The second-order valence-electron chi connectivity index (χ2n) is 5.68. The summed E-state index contributed by atoms with van der Waals surface area (Å²) in [7, 11) is 0. The van der Waals surface area contributed by atoms with Gasteiger partial charge in [0.05, 0.1) is 19.8 Å². The van der Waals surface area contributed by atoms with E-state index in [1.54, 1.807) is 0 Å². The van der Waals surface area contributed by atoms with Crippen LogP contribution in [-0.2, 0) is 14.3 Å². The third kappa shape index (κ3) is 5.43. The van der Waals surface area contributed by atoms with Gasteiger partial charge in [-0.3, -0.25) is 9.69 Å². The number of nitrogens with zero attached hydrogens (tertiary/aromatic N) is 1. The molecule has 0 aromatic rings. The van der Waals surface area contributed by atoms with Gasteiger partial charge in [-0.25, -0.2) is 4.79 Å². The lowest BCUT2D eigenvalue weighted by Gasteiger charge is -2.37. The van der Waals surface area contributed by atoms with Gasteiger partial charge < -0.3 is 25.8 Å². The minimum Gasteiger partial charge on any atom is -0.381 e. The number of morpholine rings is 1. The van der Waals surface area contributed by atoms with Crippen LogP contribution in [0.3, 0.4) is 0 Å². The number of carbonyl (C=O) groups excluding carboxylic acids is 2. The predicted octanol–water partition coefficient (Wildman–Crippen LogP) is -1.10. The van der Waals surface area contributed by atoms with Crippen molar-refractivity contribution in [3.63, 3.8) is 0 Å². The fraction of sp³-hybridized carbons (Fsp3) is 0.857. The summed E-state index contributed by atoms with van der Waals surface area (Å²) in [5.41, 5.74) is 4.97. The summed E-state index contributed by atoms with van der Waals surface area (Å²) in [5, 5.41) is 5.38. The number of primary amides is 1. The highest BCUT2D eigenvalue weighted by Crippen LogP contribution is 2.21. The lowest BCUT2D eigenvalue weighted by Crippen LogP contribution is -2.52. The molecule has 4 N–H and O–H groups in total. The van der Waals surface area contributed by atoms with Gasteiger partial charge in [-0.05, 0) is 6.42 Å². The normalized spacial score (nSPS) is 23.9. The number of carbonyl (C=O) groups is 2. The van der Waals surface area contributed by atoms with Crippen molar-refractivity contribution in [1.29, 1.82) is 0 Å². The molecule has 0 aromatic heterocycles. The maximum Gasteiger partial charge on any atom is 0.312 e. The minimum absolute atomic E-state index is 0.0778. The van der Waals surface area contributed by atoms with Crippen molar-refractivity contribution in [3.8, 4) is 0 Å². The first-order chi connectivity index (χ1) is 10.7. The Morgan fingerprint density at radius 1 is 1.18 bits per heavy atom. The summed E-state index contributed by atoms with van der Waals surface area (Å²) in [5.74, 6) is 0.369. The number of nitrogens with two attached hydrogens (primary N) is 1. The van der Waals surface area contributed by atoms with Crippen LogP contribution in [0, 0.1) is 5.92 Å². The Morgan fingerprint density at radius 2 is 1.95 bits per heavy atom. The zero-order valence-electron chi connectivity index (χ0n) is 12.9. The number of hydrogen-bond donors (Lipinski definition) is 3. The average Bonchev–Trinajstić information content (AvgIpc) is 3.02. The van der Waals surface area contributed by atoms with E-state index in [1.165, 1.54) is 0 Å². The smallest absolute Gasteiger partial charge is 0.312 e. The lowest BCUT2D eigenvalue weighted by atomic mass is 9.97. The quantitative estimate of drug-likeness (QED) is 0.553. The summed E-state index contributed by atoms with van der Waals surface area (Å²) in [6, 6.07) is -0.332. The summed E-state index contributed by atoms with van der Waals surface area (Å²) < 4.78 is 10.9. The van der Waals surface area contributed by atoms with Gasteiger partial charge in [-0.15, -0.1) is 0 Å². The second kappa shape index (κ2) is 8.92. The average molecular weight is 314 g/mol. The molecule has 2 aliphatic heterocycles. The maximum atomic E-state index is 11.8. The monoisotopic (exact) mass is 314 g/mol. The fourth-order valence-electron chi connectivity index (χ4n) is 2.97. The molecule has 2 aliphatic rings. The molecule has 0 aromatic carbocycles. The van der Waals surface area contributed by atoms with Crippen molar-refractivity contribution in [1.82, 2.24) is 15.5 Å². The molecule has 2 heterocycles. The van der Waals surface area contributed by atoms with E-state index in [-0.39, 0.29) is 24.9 Å². The maximum absolute atomic E-state index is 11.8. The van der Waals surface area contributed by atoms with Gasteiger partial charge in [-0.2, -0.15) is 0 Å². The largest absolute Gasteiger partial charge is 0.381 e. The predicted molar refractivity (Wildman–Crippen MR) is 80.3 cm³/mol. The highest BCUT2D eigenvalue weighted by atomic mass is 16.5. The molecule has 0 unspecified atom stereocenters. The van der Waals surface area contributed by atoms with Crippen LogP contribution in [0.2, 0.25) is 0 Å². The molecule has 126 valence electrons. The van der Waals surface area contributed by atoms with Gasteiger partial charge in [0.2, 0.25) is 5.91 Å². The molecule has 8 heteroatoms. The molecule has 0 aliphatic carbocycles. The van der Waals surface area contributed by atoms with Gasteiger partial charge in [0.25, 0.3) is 0 Å². The van der Waals surface area contributed by atoms with Crippen LogP contribution in [0.25, 0.3) is 0 Å². The Labute approximate surface area is 130 Å². The Hall–Kier alpha value is -1.38. The summed E-state index contributed by atoms with van der Waals surface area (Å²) in [6.45, 7) is 5.66. The van der Waals surface area contributed by atoms with Crippen molar-refractivity contribution < 1.29 is 19.1 Å². The summed E-state index contributed by atoms with van der Waals surface area (Å²) in [4.78, 5) is 24.8. The SMILES string of the molecule is NC(=O)NCCC(=O)NC[C@@H]([C@H]1CCOC1)N1CCOCC1. The molecule has 0 saturated carbocycles. The lowest BCUT2D eigenvalue weighted by molar-refractivity contribution is -0.121. The van der Waals surface area contributed by atoms with Crippen LogP contribution < -0.4 is 16.4 Å². The van der Waals surface area contributed by atoms with E-state index < -0.39 is 6.03 Å². The van der Waals surface area contributed by atoms with Crippen molar-refractivity contribution >= 4 is 11.9 Å². The standard InChI is InChI=1S/C14H26N4O4/c15-14(20)16-3-1-13(19)17-9-12(11-2-6-22-10-11)18-4-7-21-8-5-18/h11-12H,1-10H2,(H,17,19)(H3,15,16,20)/t11-,12-/m0/s1. The molecule has 8 nitrogen and oxygen atoms in total. The molecule has 0 spiro atoms. The first-order valence-electron chi connectivity index (χ1n) is 7.86. The van der Waals surface area contributed by atoms with E-state index in [0.717, 1.165) is 45.9 Å². The molecule has 2 atom stereocenters. The molecule has 0 radical (unpaired) electrons. The highest BCUT2D eigenvalue weighted by Gasteiger charge is 2.31. The molecular weight excluding hydrogens is 288 g/mol. The van der Waals surface area contributed by atoms with Gasteiger partial charge in [0, 0.05) is 51.2 Å². The molecule has 2 fully saturated rings. The topological polar surface area (TPSA) is 106 Å². The number of rotatable bonds is 7. The Bertz CT molecular complexity index is 368. The third-order valence-corrected chi connectivity index (χ3v) is 4.18. The number of amides is 3. The number of hydrogen-bond acceptors (Lipinski definition) is 5. The van der Waals surface area contributed by atoms with E-state index in [2.05, 4.69) is 15.5 Å². The number of ether oxygens (including phenoxy) is 2. The zero-order chi connectivity index (χ0) is 15.8. The van der Waals surface area contributed by atoms with E-state index >= 15 is 0 Å². The Morgan fingerprint density at radius 3 is 2.59 bits per heavy atom. The van der Waals surface area contributed by atoms with Crippen LogP contribution in [-0.4, -0.2) is 75.5 Å². The molecule has 2 rings (SSSR count). The van der Waals surface area contributed by atoms with Gasteiger partial charge >= 0.3 is 6.03 Å². The van der Waals surface area contributed by atoms with Gasteiger partial charge in [0.1, 0.15) is 0 Å². The minimum atomic E-state index is -0.609. The third-order valence-electron chi connectivity index (χ3n) is 4.18. The van der Waals surface area contributed by atoms with E-state index in [9.17, 15) is 9.59 Å². The van der Waals surface area contributed by atoms with E-state index in [0.29, 0.717) is 12.5 Å². The summed E-state index contributed by atoms with van der Waals surface area (Å²) in [6.07, 6.45) is 1.26. The Kier molecular flexibility index (Phi) is 6.88. The van der Waals surface area contributed by atoms with E-state index in [4.69, 9.17) is 15.2 Å². The molecule has 22 heavy (non-hydrogen) atoms. The fourth-order valence-corrected chi connectivity index (χ4v) is 2.97. The van der Waals surface area contributed by atoms with Crippen molar-refractivity contribution in [2.75, 3.05) is 52.6 Å². The van der Waals surface area contributed by atoms with Crippen molar-refractivity contribution in [2.45, 2.75) is 18.9 Å².